The number of benzene rings is 2. The second kappa shape index (κ2) is 6.64. The second-order valence-electron chi connectivity index (χ2n) is 7.09. The largest absolute Gasteiger partial charge is 0.365 e. The normalized spacial score (nSPS) is 16.5. The molecule has 2 aliphatic heterocycles. The zero-order chi connectivity index (χ0) is 19.1. The van der Waals surface area contributed by atoms with Crippen molar-refractivity contribution in [3.63, 3.8) is 0 Å². The number of imide groups is 1. The Balaban J connectivity index is 1.99. The summed E-state index contributed by atoms with van der Waals surface area (Å²) in [7, 11) is 0. The quantitative estimate of drug-likeness (QED) is 0.457. The van der Waals surface area contributed by atoms with Gasteiger partial charge in [-0.05, 0) is 25.3 Å². The molecule has 2 aromatic carbocycles. The van der Waals surface area contributed by atoms with Crippen molar-refractivity contribution in [3.8, 4) is 0 Å². The predicted molar refractivity (Wildman–Crippen MR) is 102 cm³/mol. The third-order valence-corrected chi connectivity index (χ3v) is 5.42. The highest BCUT2D eigenvalue weighted by Gasteiger charge is 2.37. The summed E-state index contributed by atoms with van der Waals surface area (Å²) in [4.78, 5) is 40.5. The van der Waals surface area contributed by atoms with Gasteiger partial charge in [-0.3, -0.25) is 24.6 Å². The van der Waals surface area contributed by atoms with Crippen LogP contribution in [0.15, 0.2) is 24.3 Å². The minimum atomic E-state index is -0.437. The number of unbranched alkanes of at least 4 members (excludes halogenated alkanes) is 1. The molecule has 2 aromatic rings. The predicted octanol–water partition coefficient (Wildman–Crippen LogP) is 3.74. The number of amides is 2. The lowest BCUT2D eigenvalue weighted by Crippen LogP contribution is -2.41. The molecule has 0 unspecified atom stereocenters. The molecule has 0 spiro atoms. The molecule has 1 saturated heterocycles. The van der Waals surface area contributed by atoms with E-state index in [0.29, 0.717) is 35.0 Å². The van der Waals surface area contributed by atoms with Gasteiger partial charge in [0.05, 0.1) is 10.5 Å². The lowest BCUT2D eigenvalue weighted by Gasteiger charge is -2.29. The Labute approximate surface area is 156 Å². The first-order valence-electron chi connectivity index (χ1n) is 9.39. The standard InChI is InChI=1S/C20H21N3O4/c1-2-3-11-22-19(24)14-8-6-7-13-17(14)15(20(22)25)12-16(23(26)27)18(13)21-9-4-5-10-21/h6-8,12H,2-5,9-11H2,1H3. The summed E-state index contributed by atoms with van der Waals surface area (Å²) in [5.41, 5.74) is 1.18. The van der Waals surface area contributed by atoms with Crippen molar-refractivity contribution in [2.75, 3.05) is 24.5 Å². The molecular formula is C20H21N3O4. The molecule has 0 bridgehead atoms. The van der Waals surface area contributed by atoms with E-state index >= 15 is 0 Å². The Morgan fingerprint density at radius 3 is 2.48 bits per heavy atom. The Bertz CT molecular complexity index is 963. The molecule has 0 atom stereocenters. The number of nitro groups is 1. The van der Waals surface area contributed by atoms with Crippen molar-refractivity contribution >= 4 is 34.0 Å². The van der Waals surface area contributed by atoms with E-state index in [1.807, 2.05) is 11.8 Å². The van der Waals surface area contributed by atoms with Crippen LogP contribution in [-0.2, 0) is 0 Å². The van der Waals surface area contributed by atoms with Gasteiger partial charge in [0.25, 0.3) is 17.5 Å². The highest BCUT2D eigenvalue weighted by molar-refractivity contribution is 6.27. The Morgan fingerprint density at radius 1 is 1.11 bits per heavy atom. The van der Waals surface area contributed by atoms with E-state index < -0.39 is 10.8 Å². The van der Waals surface area contributed by atoms with Gasteiger partial charge in [0, 0.05) is 42.0 Å². The van der Waals surface area contributed by atoms with E-state index in [-0.39, 0.29) is 17.2 Å². The fourth-order valence-corrected chi connectivity index (χ4v) is 4.12. The summed E-state index contributed by atoms with van der Waals surface area (Å²) in [6.45, 7) is 3.79. The van der Waals surface area contributed by atoms with Crippen LogP contribution >= 0.6 is 0 Å². The molecule has 0 radical (unpaired) electrons. The molecule has 0 aromatic heterocycles. The van der Waals surface area contributed by atoms with E-state index in [2.05, 4.69) is 0 Å². The molecule has 4 rings (SSSR count). The minimum Gasteiger partial charge on any atom is -0.365 e. The third-order valence-electron chi connectivity index (χ3n) is 5.42. The number of carbonyl (C=O) groups is 2. The van der Waals surface area contributed by atoms with Gasteiger partial charge in [0.2, 0.25) is 0 Å². The maximum absolute atomic E-state index is 13.0. The SMILES string of the molecule is CCCCN1C(=O)c2cccc3c(N4CCCC4)c([N+](=O)[O-])cc(c23)C1=O. The number of rotatable bonds is 5. The third kappa shape index (κ3) is 2.65. The van der Waals surface area contributed by atoms with Crippen LogP contribution in [0.1, 0.15) is 53.3 Å². The maximum Gasteiger partial charge on any atom is 0.293 e. The highest BCUT2D eigenvalue weighted by atomic mass is 16.6. The average molecular weight is 367 g/mol. The van der Waals surface area contributed by atoms with Crippen molar-refractivity contribution < 1.29 is 14.5 Å². The monoisotopic (exact) mass is 367 g/mol. The summed E-state index contributed by atoms with van der Waals surface area (Å²) in [6.07, 6.45) is 3.50. The van der Waals surface area contributed by atoms with E-state index in [0.717, 1.165) is 32.4 Å². The topological polar surface area (TPSA) is 83.8 Å². The zero-order valence-corrected chi connectivity index (χ0v) is 15.2. The molecular weight excluding hydrogens is 346 g/mol. The first-order valence-corrected chi connectivity index (χ1v) is 9.39. The number of nitro benzene ring substituents is 1. The van der Waals surface area contributed by atoms with Crippen LogP contribution in [0, 0.1) is 10.1 Å². The summed E-state index contributed by atoms with van der Waals surface area (Å²) < 4.78 is 0. The smallest absolute Gasteiger partial charge is 0.293 e. The molecule has 140 valence electrons. The van der Waals surface area contributed by atoms with Crippen LogP contribution in [0.4, 0.5) is 11.4 Å². The summed E-state index contributed by atoms with van der Waals surface area (Å²) in [5, 5.41) is 13.0. The molecule has 7 heteroatoms. The van der Waals surface area contributed by atoms with Gasteiger partial charge in [0.1, 0.15) is 5.69 Å². The Kier molecular flexibility index (Phi) is 4.30. The minimum absolute atomic E-state index is 0.0605. The van der Waals surface area contributed by atoms with Crippen molar-refractivity contribution in [1.82, 2.24) is 4.90 Å². The maximum atomic E-state index is 13.0. The van der Waals surface area contributed by atoms with Gasteiger partial charge in [-0.1, -0.05) is 25.5 Å². The molecule has 1 fully saturated rings. The van der Waals surface area contributed by atoms with Crippen LogP contribution in [0.5, 0.6) is 0 Å². The van der Waals surface area contributed by atoms with Crippen LogP contribution in [0.3, 0.4) is 0 Å². The number of nitrogens with zero attached hydrogens (tertiary/aromatic N) is 3. The first-order chi connectivity index (χ1) is 13.0. The summed E-state index contributed by atoms with van der Waals surface area (Å²) in [6, 6.07) is 6.61. The molecule has 2 aliphatic rings. The van der Waals surface area contributed by atoms with E-state index in [4.69, 9.17) is 0 Å². The summed E-state index contributed by atoms with van der Waals surface area (Å²) >= 11 is 0. The molecule has 2 heterocycles. The average Bonchev–Trinajstić information content (AvgIpc) is 3.19. The van der Waals surface area contributed by atoms with Crippen LogP contribution < -0.4 is 4.90 Å². The van der Waals surface area contributed by atoms with Gasteiger partial charge in [0.15, 0.2) is 0 Å². The van der Waals surface area contributed by atoms with Gasteiger partial charge < -0.3 is 4.90 Å². The van der Waals surface area contributed by atoms with Crippen molar-refractivity contribution in [1.29, 1.82) is 0 Å². The molecule has 7 nitrogen and oxygen atoms in total. The fraction of sp³-hybridized carbons (Fsp3) is 0.400. The van der Waals surface area contributed by atoms with E-state index in [1.165, 1.54) is 11.0 Å². The van der Waals surface area contributed by atoms with Crippen LogP contribution in [-0.4, -0.2) is 41.3 Å². The lowest BCUT2D eigenvalue weighted by molar-refractivity contribution is -0.384. The van der Waals surface area contributed by atoms with Crippen molar-refractivity contribution in [3.05, 3.63) is 45.5 Å². The van der Waals surface area contributed by atoms with Crippen LogP contribution in [0.2, 0.25) is 0 Å². The van der Waals surface area contributed by atoms with Gasteiger partial charge in [-0.15, -0.1) is 0 Å². The number of anilines is 1. The molecule has 0 saturated carbocycles. The Morgan fingerprint density at radius 2 is 1.81 bits per heavy atom. The van der Waals surface area contributed by atoms with Crippen LogP contribution in [0.25, 0.3) is 10.8 Å². The molecule has 2 amide bonds. The highest BCUT2D eigenvalue weighted by Crippen LogP contribution is 2.43. The molecule has 27 heavy (non-hydrogen) atoms. The van der Waals surface area contributed by atoms with Gasteiger partial charge >= 0.3 is 0 Å². The number of hydrogen-bond donors (Lipinski definition) is 0. The van der Waals surface area contributed by atoms with E-state index in [9.17, 15) is 19.7 Å². The number of carbonyl (C=O) groups excluding carboxylic acids is 2. The summed E-state index contributed by atoms with van der Waals surface area (Å²) in [5.74, 6) is -0.749. The second-order valence-corrected chi connectivity index (χ2v) is 7.09. The lowest BCUT2D eigenvalue weighted by atomic mass is 9.91. The Hall–Kier alpha value is -2.96. The first kappa shape index (κ1) is 17.5. The van der Waals surface area contributed by atoms with E-state index in [1.54, 1.807) is 18.2 Å². The molecule has 0 aliphatic carbocycles. The van der Waals surface area contributed by atoms with Crippen molar-refractivity contribution in [2.24, 2.45) is 0 Å². The fourth-order valence-electron chi connectivity index (χ4n) is 4.12. The number of hydrogen-bond acceptors (Lipinski definition) is 5. The van der Waals surface area contributed by atoms with Gasteiger partial charge in [-0.25, -0.2) is 0 Å². The van der Waals surface area contributed by atoms with Gasteiger partial charge in [-0.2, -0.15) is 0 Å². The van der Waals surface area contributed by atoms with Crippen molar-refractivity contribution in [2.45, 2.75) is 32.6 Å². The zero-order valence-electron chi connectivity index (χ0n) is 15.2. The molecule has 0 N–H and O–H groups in total.